The maximum atomic E-state index is 12.2. The number of rotatable bonds is 8. The molecule has 0 aliphatic heterocycles. The van der Waals surface area contributed by atoms with Crippen molar-refractivity contribution in [1.82, 2.24) is 4.98 Å². The van der Waals surface area contributed by atoms with E-state index in [1.807, 2.05) is 29.6 Å². The maximum absolute atomic E-state index is 12.2. The first-order valence-electron chi connectivity index (χ1n) is 9.63. The van der Waals surface area contributed by atoms with Gasteiger partial charge in [0.1, 0.15) is 17.0 Å². The molecular formula is C23H22N2O3S2. The number of methoxy groups -OCH3 is 1. The van der Waals surface area contributed by atoms with Gasteiger partial charge in [0, 0.05) is 28.1 Å². The molecule has 5 nitrogen and oxygen atoms in total. The third-order valence-electron chi connectivity index (χ3n) is 4.57. The highest BCUT2D eigenvalue weighted by Crippen LogP contribution is 2.32. The van der Waals surface area contributed by atoms with Gasteiger partial charge in [0.05, 0.1) is 7.11 Å². The van der Waals surface area contributed by atoms with Gasteiger partial charge in [0.15, 0.2) is 10.9 Å². The lowest BCUT2D eigenvalue weighted by Gasteiger charge is -2.03. The molecule has 0 aliphatic carbocycles. The molecule has 0 atom stereocenters. The molecule has 2 aromatic heterocycles. The number of anilines is 1. The van der Waals surface area contributed by atoms with Gasteiger partial charge in [-0.1, -0.05) is 17.7 Å². The Hall–Kier alpha value is -2.77. The number of thioether (sulfide) groups is 1. The summed E-state index contributed by atoms with van der Waals surface area (Å²) in [7, 11) is 1.63. The van der Waals surface area contributed by atoms with Crippen molar-refractivity contribution < 1.29 is 13.9 Å². The predicted octanol–water partition coefficient (Wildman–Crippen LogP) is 6.38. The van der Waals surface area contributed by atoms with Crippen LogP contribution in [0.5, 0.6) is 5.75 Å². The van der Waals surface area contributed by atoms with Crippen molar-refractivity contribution >= 4 is 45.1 Å². The third kappa shape index (κ3) is 5.04. The van der Waals surface area contributed by atoms with Gasteiger partial charge in [-0.15, -0.1) is 23.1 Å². The van der Waals surface area contributed by atoms with Crippen molar-refractivity contribution in [3.05, 3.63) is 59.5 Å². The predicted molar refractivity (Wildman–Crippen MR) is 124 cm³/mol. The van der Waals surface area contributed by atoms with E-state index in [1.165, 1.54) is 21.8 Å². The van der Waals surface area contributed by atoms with Gasteiger partial charge in [0.25, 0.3) is 0 Å². The third-order valence-corrected chi connectivity index (χ3v) is 6.42. The highest BCUT2D eigenvalue weighted by Gasteiger charge is 2.12. The van der Waals surface area contributed by atoms with Crippen molar-refractivity contribution in [1.29, 1.82) is 0 Å². The second-order valence-electron chi connectivity index (χ2n) is 6.87. The summed E-state index contributed by atoms with van der Waals surface area (Å²) >= 11 is 3.16. The first kappa shape index (κ1) is 20.5. The van der Waals surface area contributed by atoms with Crippen LogP contribution in [0.15, 0.2) is 63.2 Å². The number of furan rings is 1. The number of benzene rings is 2. The van der Waals surface area contributed by atoms with Crippen LogP contribution in [0.1, 0.15) is 18.4 Å². The van der Waals surface area contributed by atoms with E-state index in [1.54, 1.807) is 18.9 Å². The van der Waals surface area contributed by atoms with Gasteiger partial charge >= 0.3 is 0 Å². The topological polar surface area (TPSA) is 64.4 Å². The lowest BCUT2D eigenvalue weighted by atomic mass is 10.2. The highest BCUT2D eigenvalue weighted by molar-refractivity contribution is 7.99. The minimum Gasteiger partial charge on any atom is -0.497 e. The summed E-state index contributed by atoms with van der Waals surface area (Å²) in [5, 5.41) is 6.34. The number of fused-ring (bicyclic) bond motifs is 1. The molecule has 0 unspecified atom stereocenters. The van der Waals surface area contributed by atoms with Crippen LogP contribution in [0.25, 0.3) is 22.4 Å². The van der Waals surface area contributed by atoms with Crippen molar-refractivity contribution in [3.8, 4) is 17.2 Å². The lowest BCUT2D eigenvalue weighted by Crippen LogP contribution is -2.11. The Kier molecular flexibility index (Phi) is 6.40. The number of ether oxygens (including phenoxy) is 1. The zero-order chi connectivity index (χ0) is 20.9. The zero-order valence-corrected chi connectivity index (χ0v) is 18.4. The van der Waals surface area contributed by atoms with Crippen LogP contribution in [0.3, 0.4) is 0 Å². The van der Waals surface area contributed by atoms with Crippen molar-refractivity contribution in [2.75, 3.05) is 18.2 Å². The number of nitrogens with zero attached hydrogens (tertiary/aromatic N) is 1. The highest BCUT2D eigenvalue weighted by atomic mass is 32.2. The normalized spacial score (nSPS) is 11.0. The number of carbonyl (C=O) groups is 1. The molecule has 4 rings (SSSR count). The molecule has 0 fully saturated rings. The van der Waals surface area contributed by atoms with E-state index in [0.29, 0.717) is 23.0 Å². The molecule has 0 saturated heterocycles. The number of hydrogen-bond acceptors (Lipinski definition) is 6. The van der Waals surface area contributed by atoms with Crippen molar-refractivity contribution in [3.63, 3.8) is 0 Å². The Bertz CT molecular complexity index is 1150. The van der Waals surface area contributed by atoms with E-state index in [0.717, 1.165) is 28.9 Å². The largest absolute Gasteiger partial charge is 0.497 e. The molecule has 30 heavy (non-hydrogen) atoms. The van der Waals surface area contributed by atoms with Crippen molar-refractivity contribution in [2.45, 2.75) is 24.7 Å². The Morgan fingerprint density at radius 3 is 2.83 bits per heavy atom. The van der Waals surface area contributed by atoms with Gasteiger partial charge in [-0.2, -0.15) is 0 Å². The lowest BCUT2D eigenvalue weighted by molar-refractivity contribution is -0.116. The molecule has 154 valence electrons. The fraction of sp³-hybridized carbons (Fsp3) is 0.217. The van der Waals surface area contributed by atoms with E-state index in [9.17, 15) is 4.79 Å². The van der Waals surface area contributed by atoms with Crippen LogP contribution in [0.2, 0.25) is 0 Å². The molecule has 1 N–H and O–H groups in total. The fourth-order valence-electron chi connectivity index (χ4n) is 2.95. The number of thiazole rings is 1. The molecule has 0 spiro atoms. The second kappa shape index (κ2) is 9.36. The molecule has 2 aromatic carbocycles. The second-order valence-corrected chi connectivity index (χ2v) is 8.89. The summed E-state index contributed by atoms with van der Waals surface area (Å²) in [6.45, 7) is 2.08. The molecule has 7 heteroatoms. The number of hydrogen-bond donors (Lipinski definition) is 1. The first-order chi connectivity index (χ1) is 14.6. The van der Waals surface area contributed by atoms with Crippen LogP contribution in [0, 0.1) is 6.92 Å². The SMILES string of the molecule is COc1ccc2cc(-c3csc(NC(=O)CCCSc4ccc(C)cc4)n3)oc2c1. The molecule has 0 saturated carbocycles. The van der Waals surface area contributed by atoms with Gasteiger partial charge < -0.3 is 14.5 Å². The van der Waals surface area contributed by atoms with E-state index in [4.69, 9.17) is 9.15 Å². The Morgan fingerprint density at radius 2 is 2.03 bits per heavy atom. The average Bonchev–Trinajstić information content (AvgIpc) is 3.38. The number of amides is 1. The molecule has 0 aliphatic rings. The van der Waals surface area contributed by atoms with Crippen LogP contribution < -0.4 is 10.1 Å². The minimum atomic E-state index is -0.0188. The molecule has 4 aromatic rings. The van der Waals surface area contributed by atoms with Gasteiger partial charge in [0.2, 0.25) is 5.91 Å². The van der Waals surface area contributed by atoms with E-state index in [2.05, 4.69) is 41.5 Å². The number of aromatic nitrogens is 1. The maximum Gasteiger partial charge on any atom is 0.226 e. The summed E-state index contributed by atoms with van der Waals surface area (Å²) in [4.78, 5) is 18.0. The van der Waals surface area contributed by atoms with Crippen LogP contribution in [0.4, 0.5) is 5.13 Å². The first-order valence-corrected chi connectivity index (χ1v) is 11.5. The number of carbonyl (C=O) groups excluding carboxylic acids is 1. The molecule has 0 bridgehead atoms. The van der Waals surface area contributed by atoms with Crippen LogP contribution in [-0.2, 0) is 4.79 Å². The monoisotopic (exact) mass is 438 g/mol. The fourth-order valence-corrected chi connectivity index (χ4v) is 4.52. The summed E-state index contributed by atoms with van der Waals surface area (Å²) in [5.41, 5.74) is 2.71. The summed E-state index contributed by atoms with van der Waals surface area (Å²) in [6, 6.07) is 16.1. The number of nitrogens with one attached hydrogen (secondary N) is 1. The quantitative estimate of drug-likeness (QED) is 0.255. The Balaban J connectivity index is 1.29. The molecule has 0 radical (unpaired) electrons. The van der Waals surface area contributed by atoms with Crippen LogP contribution in [-0.4, -0.2) is 23.8 Å². The van der Waals surface area contributed by atoms with E-state index >= 15 is 0 Å². The average molecular weight is 439 g/mol. The smallest absolute Gasteiger partial charge is 0.226 e. The van der Waals surface area contributed by atoms with Gasteiger partial charge in [-0.25, -0.2) is 4.98 Å². The van der Waals surface area contributed by atoms with Gasteiger partial charge in [-0.3, -0.25) is 4.79 Å². The standard InChI is InChI=1S/C23H22N2O3S2/c1-15-5-9-18(10-6-15)29-11-3-4-22(26)25-23-24-19(14-30-23)21-12-16-7-8-17(27-2)13-20(16)28-21/h5-10,12-14H,3-4,11H2,1-2H3,(H,24,25,26). The van der Waals surface area contributed by atoms with Gasteiger partial charge in [-0.05, 0) is 49.4 Å². The van der Waals surface area contributed by atoms with E-state index < -0.39 is 0 Å². The Labute approximate surface area is 183 Å². The van der Waals surface area contributed by atoms with E-state index in [-0.39, 0.29) is 5.91 Å². The molecular weight excluding hydrogens is 416 g/mol. The van der Waals surface area contributed by atoms with Crippen molar-refractivity contribution in [2.24, 2.45) is 0 Å². The van der Waals surface area contributed by atoms with Crippen LogP contribution >= 0.6 is 23.1 Å². The minimum absolute atomic E-state index is 0.0188. The molecule has 1 amide bonds. The summed E-state index contributed by atoms with van der Waals surface area (Å²) in [5.74, 6) is 2.30. The summed E-state index contributed by atoms with van der Waals surface area (Å²) in [6.07, 6.45) is 1.28. The Morgan fingerprint density at radius 1 is 1.20 bits per heavy atom. The summed E-state index contributed by atoms with van der Waals surface area (Å²) < 4.78 is 11.1. The molecule has 2 heterocycles. The number of aryl methyl sites for hydroxylation is 1. The zero-order valence-electron chi connectivity index (χ0n) is 16.8.